The largest absolute Gasteiger partial charge is 0.272 e. The third-order valence-electron chi connectivity index (χ3n) is 3.44. The standard InChI is InChI=1S/C11H15N5O2S/c1-16-10-4-2-3-9(8(10)7-13-16)15-19(17,18)11-5-6-12-14-11/h5-7,9,15H,2-4H2,1H3,(H,12,14). The van der Waals surface area contributed by atoms with E-state index in [1.807, 2.05) is 11.7 Å². The molecule has 0 amide bonds. The van der Waals surface area contributed by atoms with Crippen molar-refractivity contribution in [1.29, 1.82) is 0 Å². The van der Waals surface area contributed by atoms with Gasteiger partial charge in [-0.15, -0.1) is 0 Å². The minimum Gasteiger partial charge on any atom is -0.272 e. The average molecular weight is 281 g/mol. The van der Waals surface area contributed by atoms with Gasteiger partial charge in [0.25, 0.3) is 10.0 Å². The van der Waals surface area contributed by atoms with Crippen LogP contribution in [0.25, 0.3) is 0 Å². The van der Waals surface area contributed by atoms with Crippen molar-refractivity contribution in [1.82, 2.24) is 24.7 Å². The van der Waals surface area contributed by atoms with Crippen LogP contribution in [-0.4, -0.2) is 28.4 Å². The molecule has 0 spiro atoms. The molecule has 0 fully saturated rings. The zero-order chi connectivity index (χ0) is 13.5. The predicted octanol–water partition coefficient (Wildman–Crippen LogP) is 0.499. The monoisotopic (exact) mass is 281 g/mol. The lowest BCUT2D eigenvalue weighted by atomic mass is 9.94. The van der Waals surface area contributed by atoms with Crippen LogP contribution < -0.4 is 4.72 Å². The molecule has 2 heterocycles. The van der Waals surface area contributed by atoms with Crippen molar-refractivity contribution in [2.24, 2.45) is 7.05 Å². The second-order valence-electron chi connectivity index (χ2n) is 4.66. The Kier molecular flexibility index (Phi) is 2.90. The fraction of sp³-hybridized carbons (Fsp3) is 0.455. The molecule has 1 aliphatic carbocycles. The Balaban J connectivity index is 1.89. The van der Waals surface area contributed by atoms with Gasteiger partial charge in [0.05, 0.1) is 18.4 Å². The zero-order valence-corrected chi connectivity index (χ0v) is 11.3. The van der Waals surface area contributed by atoms with Gasteiger partial charge in [-0.2, -0.15) is 10.2 Å². The summed E-state index contributed by atoms with van der Waals surface area (Å²) in [5.74, 6) is 0. The van der Waals surface area contributed by atoms with Crippen molar-refractivity contribution in [2.45, 2.75) is 30.3 Å². The molecule has 19 heavy (non-hydrogen) atoms. The number of sulfonamides is 1. The van der Waals surface area contributed by atoms with Gasteiger partial charge in [-0.3, -0.25) is 9.78 Å². The van der Waals surface area contributed by atoms with Crippen LogP contribution >= 0.6 is 0 Å². The molecule has 8 heteroatoms. The Hall–Kier alpha value is -1.67. The Morgan fingerprint density at radius 2 is 2.37 bits per heavy atom. The number of aryl methyl sites for hydroxylation is 1. The number of nitrogens with one attached hydrogen (secondary N) is 2. The molecule has 0 bridgehead atoms. The summed E-state index contributed by atoms with van der Waals surface area (Å²) in [6.45, 7) is 0. The lowest BCUT2D eigenvalue weighted by Crippen LogP contribution is -2.31. The van der Waals surface area contributed by atoms with Crippen LogP contribution in [0.3, 0.4) is 0 Å². The van der Waals surface area contributed by atoms with Gasteiger partial charge >= 0.3 is 0 Å². The van der Waals surface area contributed by atoms with Crippen LogP contribution in [0.4, 0.5) is 0 Å². The van der Waals surface area contributed by atoms with Gasteiger partial charge in [0.1, 0.15) is 0 Å². The average Bonchev–Trinajstić information content (AvgIpc) is 3.00. The molecule has 3 rings (SSSR count). The maximum absolute atomic E-state index is 12.2. The Labute approximate surface area is 111 Å². The molecule has 1 aliphatic rings. The second-order valence-corrected chi connectivity index (χ2v) is 6.34. The summed E-state index contributed by atoms with van der Waals surface area (Å²) in [6.07, 6.45) is 5.84. The smallest absolute Gasteiger partial charge is 0.258 e. The van der Waals surface area contributed by atoms with Crippen molar-refractivity contribution < 1.29 is 8.42 Å². The first-order valence-electron chi connectivity index (χ1n) is 6.10. The van der Waals surface area contributed by atoms with E-state index in [-0.39, 0.29) is 11.1 Å². The zero-order valence-electron chi connectivity index (χ0n) is 10.5. The highest BCUT2D eigenvalue weighted by Gasteiger charge is 2.28. The van der Waals surface area contributed by atoms with Crippen LogP contribution in [-0.2, 0) is 23.5 Å². The third kappa shape index (κ3) is 2.17. The number of H-pyrrole nitrogens is 1. The molecule has 7 nitrogen and oxygen atoms in total. The van der Waals surface area contributed by atoms with Gasteiger partial charge < -0.3 is 0 Å². The van der Waals surface area contributed by atoms with Gasteiger partial charge in [-0.1, -0.05) is 0 Å². The van der Waals surface area contributed by atoms with Crippen molar-refractivity contribution in [2.75, 3.05) is 0 Å². The summed E-state index contributed by atoms with van der Waals surface area (Å²) in [4.78, 5) is 0. The Morgan fingerprint density at radius 1 is 1.53 bits per heavy atom. The first kappa shape index (κ1) is 12.4. The van der Waals surface area contributed by atoms with E-state index in [1.165, 1.54) is 12.3 Å². The van der Waals surface area contributed by atoms with Gasteiger partial charge in [-0.25, -0.2) is 13.1 Å². The van der Waals surface area contributed by atoms with Gasteiger partial charge in [0.15, 0.2) is 5.03 Å². The number of nitrogens with zero attached hydrogens (tertiary/aromatic N) is 3. The van der Waals surface area contributed by atoms with Crippen LogP contribution in [0.5, 0.6) is 0 Å². The van der Waals surface area contributed by atoms with E-state index in [1.54, 1.807) is 6.20 Å². The second kappa shape index (κ2) is 4.46. The summed E-state index contributed by atoms with van der Waals surface area (Å²) >= 11 is 0. The molecule has 2 aromatic rings. The van der Waals surface area contributed by atoms with Gasteiger partial charge in [-0.05, 0) is 25.3 Å². The van der Waals surface area contributed by atoms with E-state index < -0.39 is 10.0 Å². The molecule has 1 atom stereocenters. The number of aromatic amines is 1. The highest BCUT2D eigenvalue weighted by molar-refractivity contribution is 7.89. The van der Waals surface area contributed by atoms with E-state index in [0.717, 1.165) is 30.5 Å². The third-order valence-corrected chi connectivity index (χ3v) is 4.84. The van der Waals surface area contributed by atoms with E-state index in [0.29, 0.717) is 0 Å². The normalized spacial score (nSPS) is 19.3. The minimum absolute atomic E-state index is 0.0866. The fourth-order valence-electron chi connectivity index (χ4n) is 2.47. The van der Waals surface area contributed by atoms with E-state index in [2.05, 4.69) is 20.0 Å². The maximum Gasteiger partial charge on any atom is 0.258 e. The summed E-state index contributed by atoms with van der Waals surface area (Å²) in [7, 11) is -1.68. The fourth-order valence-corrected chi connectivity index (χ4v) is 3.63. The van der Waals surface area contributed by atoms with Gasteiger partial charge in [0, 0.05) is 18.3 Å². The molecule has 1 unspecified atom stereocenters. The van der Waals surface area contributed by atoms with Gasteiger partial charge in [0.2, 0.25) is 0 Å². The summed E-state index contributed by atoms with van der Waals surface area (Å²) in [5, 5.41) is 10.4. The molecular formula is C11H15N5O2S. The van der Waals surface area contributed by atoms with Crippen molar-refractivity contribution in [3.63, 3.8) is 0 Å². The molecule has 2 N–H and O–H groups in total. The molecule has 0 aromatic carbocycles. The number of rotatable bonds is 3. The summed E-state index contributed by atoms with van der Waals surface area (Å²) in [5.41, 5.74) is 2.07. The minimum atomic E-state index is -3.56. The molecule has 0 radical (unpaired) electrons. The van der Waals surface area contributed by atoms with E-state index in [9.17, 15) is 8.42 Å². The topological polar surface area (TPSA) is 92.7 Å². The Bertz CT molecular complexity index is 674. The molecule has 0 saturated carbocycles. The van der Waals surface area contributed by atoms with Crippen LogP contribution in [0, 0.1) is 0 Å². The van der Waals surface area contributed by atoms with Crippen molar-refractivity contribution in [3.8, 4) is 0 Å². The molecule has 102 valence electrons. The quantitative estimate of drug-likeness (QED) is 0.856. The first-order chi connectivity index (χ1) is 9.08. The summed E-state index contributed by atoms with van der Waals surface area (Å²) in [6, 6.07) is 1.22. The Morgan fingerprint density at radius 3 is 3.11 bits per heavy atom. The number of hydrogen-bond acceptors (Lipinski definition) is 4. The molecule has 0 saturated heterocycles. The van der Waals surface area contributed by atoms with Crippen LogP contribution in [0.15, 0.2) is 23.5 Å². The highest BCUT2D eigenvalue weighted by Crippen LogP contribution is 2.30. The maximum atomic E-state index is 12.2. The highest BCUT2D eigenvalue weighted by atomic mass is 32.2. The lowest BCUT2D eigenvalue weighted by molar-refractivity contribution is 0.496. The predicted molar refractivity (Wildman–Crippen MR) is 67.8 cm³/mol. The van der Waals surface area contributed by atoms with Crippen molar-refractivity contribution in [3.05, 3.63) is 29.7 Å². The first-order valence-corrected chi connectivity index (χ1v) is 7.59. The number of aromatic nitrogens is 4. The van der Waals surface area contributed by atoms with Crippen LogP contribution in [0.1, 0.15) is 30.1 Å². The number of hydrogen-bond donors (Lipinski definition) is 2. The molecular weight excluding hydrogens is 266 g/mol. The number of fused-ring (bicyclic) bond motifs is 1. The van der Waals surface area contributed by atoms with E-state index >= 15 is 0 Å². The molecule has 2 aromatic heterocycles. The van der Waals surface area contributed by atoms with E-state index in [4.69, 9.17) is 0 Å². The van der Waals surface area contributed by atoms with Crippen LogP contribution in [0.2, 0.25) is 0 Å². The lowest BCUT2D eigenvalue weighted by Gasteiger charge is -2.23. The molecule has 0 aliphatic heterocycles. The van der Waals surface area contributed by atoms with Crippen molar-refractivity contribution >= 4 is 10.0 Å². The SMILES string of the molecule is Cn1ncc2c1CCCC2NS(=O)(=O)c1ccn[nH]1. The summed E-state index contributed by atoms with van der Waals surface area (Å²) < 4.78 is 28.9.